The number of aromatic nitrogens is 3. The molecule has 0 amide bonds. The average Bonchev–Trinajstić information content (AvgIpc) is 3.07. The predicted octanol–water partition coefficient (Wildman–Crippen LogP) is 4.52. The lowest BCUT2D eigenvalue weighted by Gasteiger charge is -2.10. The van der Waals surface area contributed by atoms with E-state index in [-0.39, 0.29) is 11.7 Å². The van der Waals surface area contributed by atoms with Crippen LogP contribution in [0.5, 0.6) is 0 Å². The number of pyridine rings is 1. The number of hydrogen-bond acceptors (Lipinski definition) is 4. The van der Waals surface area contributed by atoms with Crippen molar-refractivity contribution >= 4 is 12.2 Å². The van der Waals surface area contributed by atoms with Crippen LogP contribution in [0, 0.1) is 5.82 Å². The highest BCUT2D eigenvalue weighted by Crippen LogP contribution is 2.35. The van der Waals surface area contributed by atoms with Crippen LogP contribution < -0.4 is 0 Å². The lowest BCUT2D eigenvalue weighted by molar-refractivity contribution is -0.134. The zero-order valence-electron chi connectivity index (χ0n) is 15.4. The summed E-state index contributed by atoms with van der Waals surface area (Å²) in [6.07, 6.45) is 6.41. The molecule has 0 spiro atoms. The Hall–Kier alpha value is -3.28. The van der Waals surface area contributed by atoms with Gasteiger partial charge in [0.15, 0.2) is 0 Å². The van der Waals surface area contributed by atoms with Gasteiger partial charge in [0, 0.05) is 41.7 Å². The van der Waals surface area contributed by atoms with Crippen molar-refractivity contribution in [3.05, 3.63) is 66.5 Å². The van der Waals surface area contributed by atoms with Crippen molar-refractivity contribution in [3.8, 4) is 22.5 Å². The number of esters is 1. The van der Waals surface area contributed by atoms with Crippen LogP contribution in [-0.2, 0) is 9.53 Å². The molecule has 0 atom stereocenters. The van der Waals surface area contributed by atoms with Crippen molar-refractivity contribution in [1.29, 1.82) is 0 Å². The van der Waals surface area contributed by atoms with Crippen LogP contribution >= 0.6 is 0 Å². The molecule has 138 valence electrons. The van der Waals surface area contributed by atoms with E-state index in [0.717, 1.165) is 22.6 Å². The number of rotatable bonds is 5. The smallest absolute Gasteiger partial charge is 0.331 e. The van der Waals surface area contributed by atoms with Crippen LogP contribution in [0.4, 0.5) is 4.39 Å². The van der Waals surface area contributed by atoms with Crippen molar-refractivity contribution in [2.45, 2.75) is 19.8 Å². The third-order valence-corrected chi connectivity index (χ3v) is 4.07. The molecule has 5 nitrogen and oxygen atoms in total. The Morgan fingerprint density at radius 3 is 2.52 bits per heavy atom. The number of benzene rings is 1. The third kappa shape index (κ3) is 3.95. The minimum Gasteiger partial charge on any atom is -0.466 e. The van der Waals surface area contributed by atoms with Gasteiger partial charge in [0.25, 0.3) is 0 Å². The molecule has 1 aromatic carbocycles. The van der Waals surface area contributed by atoms with Gasteiger partial charge in [-0.3, -0.25) is 4.98 Å². The SMILES string of the molecule is COC(=O)C=Cn1c(C(C)C)nc(-c2ccc(F)cc2)c1-c1cccnc1. The summed E-state index contributed by atoms with van der Waals surface area (Å²) in [5.41, 5.74) is 3.09. The highest BCUT2D eigenvalue weighted by Gasteiger charge is 2.21. The van der Waals surface area contributed by atoms with Crippen molar-refractivity contribution in [2.24, 2.45) is 0 Å². The van der Waals surface area contributed by atoms with E-state index in [9.17, 15) is 9.18 Å². The molecule has 0 bridgehead atoms. The Bertz CT molecular complexity index is 961. The van der Waals surface area contributed by atoms with Gasteiger partial charge in [-0.15, -0.1) is 0 Å². The Morgan fingerprint density at radius 1 is 1.19 bits per heavy atom. The largest absolute Gasteiger partial charge is 0.466 e. The molecule has 0 fully saturated rings. The molecule has 27 heavy (non-hydrogen) atoms. The van der Waals surface area contributed by atoms with E-state index in [4.69, 9.17) is 9.72 Å². The zero-order chi connectivity index (χ0) is 19.4. The summed E-state index contributed by atoms with van der Waals surface area (Å²) < 4.78 is 20.0. The van der Waals surface area contributed by atoms with Crippen LogP contribution in [0.3, 0.4) is 0 Å². The maximum Gasteiger partial charge on any atom is 0.331 e. The van der Waals surface area contributed by atoms with Gasteiger partial charge in [0.05, 0.1) is 18.5 Å². The summed E-state index contributed by atoms with van der Waals surface area (Å²) in [4.78, 5) is 20.6. The quantitative estimate of drug-likeness (QED) is 0.493. The van der Waals surface area contributed by atoms with Crippen LogP contribution in [0.2, 0.25) is 0 Å². The molecular weight excluding hydrogens is 345 g/mol. The third-order valence-electron chi connectivity index (χ3n) is 4.07. The zero-order valence-corrected chi connectivity index (χ0v) is 15.4. The van der Waals surface area contributed by atoms with E-state index in [1.807, 2.05) is 30.5 Å². The number of hydrogen-bond donors (Lipinski definition) is 0. The van der Waals surface area contributed by atoms with Crippen molar-refractivity contribution in [1.82, 2.24) is 14.5 Å². The van der Waals surface area contributed by atoms with Gasteiger partial charge in [-0.1, -0.05) is 13.8 Å². The summed E-state index contributed by atoms with van der Waals surface area (Å²) in [6.45, 7) is 4.04. The minimum atomic E-state index is -0.459. The first kappa shape index (κ1) is 18.5. The lowest BCUT2D eigenvalue weighted by Crippen LogP contribution is -2.02. The number of nitrogens with zero attached hydrogens (tertiary/aromatic N) is 3. The van der Waals surface area contributed by atoms with Gasteiger partial charge < -0.3 is 9.30 Å². The molecule has 0 aliphatic heterocycles. The van der Waals surface area contributed by atoms with Crippen molar-refractivity contribution < 1.29 is 13.9 Å². The maximum atomic E-state index is 13.4. The number of carbonyl (C=O) groups excluding carboxylic acids is 1. The molecule has 3 rings (SSSR count). The van der Waals surface area contributed by atoms with Crippen LogP contribution in [-0.4, -0.2) is 27.6 Å². The maximum absolute atomic E-state index is 13.4. The topological polar surface area (TPSA) is 57.0 Å². The fraction of sp³-hybridized carbons (Fsp3) is 0.190. The summed E-state index contributed by atoms with van der Waals surface area (Å²) >= 11 is 0. The van der Waals surface area contributed by atoms with Crippen LogP contribution in [0.1, 0.15) is 25.6 Å². The first-order valence-corrected chi connectivity index (χ1v) is 8.56. The molecule has 2 heterocycles. The number of imidazole rings is 1. The minimum absolute atomic E-state index is 0.0944. The van der Waals surface area contributed by atoms with Gasteiger partial charge in [-0.05, 0) is 36.4 Å². The van der Waals surface area contributed by atoms with Crippen LogP contribution in [0.25, 0.3) is 28.7 Å². The van der Waals surface area contributed by atoms with Gasteiger partial charge in [0.1, 0.15) is 11.6 Å². The average molecular weight is 365 g/mol. The molecular formula is C21H20FN3O2. The Labute approximate surface area is 157 Å². The van der Waals surface area contributed by atoms with Gasteiger partial charge in [-0.2, -0.15) is 0 Å². The highest BCUT2D eigenvalue weighted by atomic mass is 19.1. The van der Waals surface area contributed by atoms with E-state index < -0.39 is 5.97 Å². The Morgan fingerprint density at radius 2 is 1.93 bits per heavy atom. The van der Waals surface area contributed by atoms with E-state index in [2.05, 4.69) is 4.98 Å². The molecule has 0 radical (unpaired) electrons. The van der Waals surface area contributed by atoms with Crippen LogP contribution in [0.15, 0.2) is 54.9 Å². The van der Waals surface area contributed by atoms with E-state index in [1.54, 1.807) is 30.7 Å². The van der Waals surface area contributed by atoms with Gasteiger partial charge >= 0.3 is 5.97 Å². The van der Waals surface area contributed by atoms with Crippen molar-refractivity contribution in [3.63, 3.8) is 0 Å². The number of ether oxygens (including phenoxy) is 1. The molecule has 0 aliphatic rings. The standard InChI is InChI=1S/C21H20FN3O2/c1-14(2)21-24-19(15-6-8-17(22)9-7-15)20(16-5-4-11-23-13-16)25(21)12-10-18(26)27-3/h4-14H,1-3H3. The fourth-order valence-electron chi connectivity index (χ4n) is 2.80. The number of halogens is 1. The second-order valence-electron chi connectivity index (χ2n) is 6.28. The molecule has 2 aromatic heterocycles. The van der Waals surface area contributed by atoms with Crippen molar-refractivity contribution in [2.75, 3.05) is 7.11 Å². The predicted molar refractivity (Wildman–Crippen MR) is 102 cm³/mol. The number of carbonyl (C=O) groups is 1. The Balaban J connectivity index is 2.28. The normalized spacial score (nSPS) is 11.3. The van der Waals surface area contributed by atoms with Gasteiger partial charge in [-0.25, -0.2) is 14.2 Å². The molecule has 3 aromatic rings. The summed E-state index contributed by atoms with van der Waals surface area (Å²) in [5.74, 6) is 0.0971. The summed E-state index contributed by atoms with van der Waals surface area (Å²) in [5, 5.41) is 0. The fourth-order valence-corrected chi connectivity index (χ4v) is 2.80. The van der Waals surface area contributed by atoms with Gasteiger partial charge in [0.2, 0.25) is 0 Å². The van der Waals surface area contributed by atoms with E-state index >= 15 is 0 Å². The molecule has 0 saturated heterocycles. The molecule has 0 unspecified atom stereocenters. The monoisotopic (exact) mass is 365 g/mol. The lowest BCUT2D eigenvalue weighted by atomic mass is 10.1. The Kier molecular flexibility index (Phi) is 5.45. The highest BCUT2D eigenvalue weighted by molar-refractivity contribution is 5.87. The molecule has 0 saturated carbocycles. The van der Waals surface area contributed by atoms with E-state index in [1.165, 1.54) is 25.3 Å². The first-order valence-electron chi connectivity index (χ1n) is 8.56. The molecule has 0 aliphatic carbocycles. The molecule has 0 N–H and O–H groups in total. The number of methoxy groups -OCH3 is 1. The first-order chi connectivity index (χ1) is 13.0. The second kappa shape index (κ2) is 7.95. The second-order valence-corrected chi connectivity index (χ2v) is 6.28. The van der Waals surface area contributed by atoms with E-state index in [0.29, 0.717) is 5.69 Å². The summed E-state index contributed by atoms with van der Waals surface area (Å²) in [6, 6.07) is 9.94. The molecule has 6 heteroatoms. The summed E-state index contributed by atoms with van der Waals surface area (Å²) in [7, 11) is 1.33.